The van der Waals surface area contributed by atoms with Crippen LogP contribution in [0.5, 0.6) is 0 Å². The van der Waals surface area contributed by atoms with Gasteiger partial charge in [-0.2, -0.15) is 26.3 Å². The van der Waals surface area contributed by atoms with Crippen LogP contribution in [0.15, 0.2) is 18.2 Å². The maximum atomic E-state index is 13.2. The van der Waals surface area contributed by atoms with E-state index in [0.717, 1.165) is 19.3 Å². The second-order valence-corrected chi connectivity index (χ2v) is 9.92. The van der Waals surface area contributed by atoms with E-state index in [-0.39, 0.29) is 35.6 Å². The van der Waals surface area contributed by atoms with Gasteiger partial charge >= 0.3 is 12.4 Å². The molecule has 0 bridgehead atoms. The van der Waals surface area contributed by atoms with Crippen molar-refractivity contribution in [3.8, 4) is 0 Å². The SMILES string of the molecule is CC(C)[C@]1(C(=O)NCc2cc(C(F)(F)F)cc(C(F)(F)F)c2)CC[C@@H](N[C@@H]2CCO[C@H](C)C2)C1. The van der Waals surface area contributed by atoms with E-state index in [1.54, 1.807) is 0 Å². The molecule has 34 heavy (non-hydrogen) atoms. The monoisotopic (exact) mass is 494 g/mol. The molecule has 0 unspecified atom stereocenters. The molecule has 0 aromatic heterocycles. The Bertz CT molecular complexity index is 838. The molecule has 192 valence electrons. The number of hydrogen-bond acceptors (Lipinski definition) is 3. The molecular formula is C24H32F6N2O2. The molecule has 1 heterocycles. The minimum Gasteiger partial charge on any atom is -0.378 e. The molecule has 4 atom stereocenters. The van der Waals surface area contributed by atoms with Crippen molar-refractivity contribution in [2.45, 2.75) is 90.0 Å². The van der Waals surface area contributed by atoms with Crippen molar-refractivity contribution >= 4 is 5.91 Å². The van der Waals surface area contributed by atoms with Gasteiger partial charge in [0.1, 0.15) is 0 Å². The summed E-state index contributed by atoms with van der Waals surface area (Å²) < 4.78 is 84.4. The van der Waals surface area contributed by atoms with Crippen molar-refractivity contribution < 1.29 is 35.9 Å². The zero-order chi connectivity index (χ0) is 25.3. The van der Waals surface area contributed by atoms with Gasteiger partial charge in [0.2, 0.25) is 5.91 Å². The lowest BCUT2D eigenvalue weighted by Gasteiger charge is -2.34. The molecule has 1 aliphatic carbocycles. The minimum atomic E-state index is -4.93. The van der Waals surface area contributed by atoms with Crippen LogP contribution in [0.25, 0.3) is 0 Å². The Morgan fingerprint density at radius 2 is 1.68 bits per heavy atom. The van der Waals surface area contributed by atoms with E-state index in [0.29, 0.717) is 37.6 Å². The first kappa shape index (κ1) is 26.8. The van der Waals surface area contributed by atoms with Crippen LogP contribution in [0.3, 0.4) is 0 Å². The number of hydrogen-bond donors (Lipinski definition) is 2. The highest BCUT2D eigenvalue weighted by atomic mass is 19.4. The zero-order valence-electron chi connectivity index (χ0n) is 19.6. The number of carbonyl (C=O) groups excluding carboxylic acids is 1. The van der Waals surface area contributed by atoms with Gasteiger partial charge in [-0.15, -0.1) is 0 Å². The third kappa shape index (κ3) is 6.24. The van der Waals surface area contributed by atoms with E-state index in [1.165, 1.54) is 0 Å². The van der Waals surface area contributed by atoms with Crippen molar-refractivity contribution in [3.63, 3.8) is 0 Å². The van der Waals surface area contributed by atoms with E-state index in [4.69, 9.17) is 4.74 Å². The van der Waals surface area contributed by atoms with E-state index in [2.05, 4.69) is 10.6 Å². The fraction of sp³-hybridized carbons (Fsp3) is 0.708. The van der Waals surface area contributed by atoms with Crippen LogP contribution in [0.2, 0.25) is 0 Å². The highest BCUT2D eigenvalue weighted by Gasteiger charge is 2.48. The average molecular weight is 495 g/mol. The first-order valence-corrected chi connectivity index (χ1v) is 11.6. The summed E-state index contributed by atoms with van der Waals surface area (Å²) in [6, 6.07) is 1.82. The molecule has 4 nitrogen and oxygen atoms in total. The molecule has 1 saturated heterocycles. The van der Waals surface area contributed by atoms with Crippen LogP contribution in [0.4, 0.5) is 26.3 Å². The highest BCUT2D eigenvalue weighted by Crippen LogP contribution is 2.45. The molecule has 0 radical (unpaired) electrons. The Balaban J connectivity index is 1.71. The Kier molecular flexibility index (Phi) is 7.92. The number of carbonyl (C=O) groups is 1. The van der Waals surface area contributed by atoms with Crippen molar-refractivity contribution in [1.82, 2.24) is 10.6 Å². The lowest BCUT2D eigenvalue weighted by molar-refractivity contribution is -0.143. The van der Waals surface area contributed by atoms with Crippen LogP contribution in [-0.4, -0.2) is 30.7 Å². The molecule has 2 fully saturated rings. The van der Waals surface area contributed by atoms with Crippen molar-refractivity contribution in [3.05, 3.63) is 34.9 Å². The Morgan fingerprint density at radius 3 is 2.21 bits per heavy atom. The third-order valence-electron chi connectivity index (χ3n) is 7.16. The quantitative estimate of drug-likeness (QED) is 0.500. The van der Waals surface area contributed by atoms with Crippen molar-refractivity contribution in [2.75, 3.05) is 6.61 Å². The Hall–Kier alpha value is -1.81. The minimum absolute atomic E-state index is 0.0415. The lowest BCUT2D eigenvalue weighted by atomic mass is 9.74. The van der Waals surface area contributed by atoms with E-state index < -0.39 is 35.4 Å². The Labute approximate surface area is 195 Å². The van der Waals surface area contributed by atoms with Gasteiger partial charge in [-0.1, -0.05) is 13.8 Å². The van der Waals surface area contributed by atoms with Gasteiger partial charge in [-0.05, 0) is 68.7 Å². The van der Waals surface area contributed by atoms with Gasteiger partial charge in [-0.25, -0.2) is 0 Å². The standard InChI is InChI=1S/C24H32F6N2O2/c1-14(2)22(6-4-20(12-22)32-19-5-7-34-15(3)8-19)21(33)31-13-16-9-17(23(25,26)27)11-18(10-16)24(28,29)30/h9-11,14-15,19-20,32H,4-8,12-13H2,1-3H3,(H,31,33)/t15-,19-,20-,22+/m1/s1. The van der Waals surface area contributed by atoms with Crippen LogP contribution in [0.1, 0.15) is 69.6 Å². The summed E-state index contributed by atoms with van der Waals surface area (Å²) in [4.78, 5) is 13.2. The smallest absolute Gasteiger partial charge is 0.378 e. The summed E-state index contributed by atoms with van der Waals surface area (Å²) in [5.41, 5.74) is -3.75. The van der Waals surface area contributed by atoms with E-state index in [9.17, 15) is 31.1 Å². The fourth-order valence-corrected chi connectivity index (χ4v) is 5.17. The molecule has 2 aliphatic rings. The first-order valence-electron chi connectivity index (χ1n) is 11.6. The van der Waals surface area contributed by atoms with E-state index in [1.807, 2.05) is 20.8 Å². The molecule has 10 heteroatoms. The number of benzene rings is 1. The molecule has 1 amide bonds. The molecule has 2 N–H and O–H groups in total. The highest BCUT2D eigenvalue weighted by molar-refractivity contribution is 5.83. The number of halogens is 6. The molecular weight excluding hydrogens is 462 g/mol. The van der Waals surface area contributed by atoms with Crippen molar-refractivity contribution in [1.29, 1.82) is 0 Å². The second kappa shape index (κ2) is 10.0. The van der Waals surface area contributed by atoms with Gasteiger partial charge in [0.25, 0.3) is 0 Å². The summed E-state index contributed by atoms with van der Waals surface area (Å²) >= 11 is 0. The molecule has 3 rings (SSSR count). The van der Waals surface area contributed by atoms with Gasteiger partial charge in [0, 0.05) is 25.2 Å². The summed E-state index contributed by atoms with van der Waals surface area (Å²) in [7, 11) is 0. The first-order chi connectivity index (χ1) is 15.7. The molecule has 0 spiro atoms. The summed E-state index contributed by atoms with van der Waals surface area (Å²) in [6.45, 7) is 6.13. The van der Waals surface area contributed by atoms with Gasteiger partial charge in [0.05, 0.1) is 22.6 Å². The van der Waals surface area contributed by atoms with Gasteiger partial charge in [-0.3, -0.25) is 4.79 Å². The number of nitrogens with one attached hydrogen (secondary N) is 2. The normalized spacial score (nSPS) is 28.4. The average Bonchev–Trinajstić information content (AvgIpc) is 3.16. The fourth-order valence-electron chi connectivity index (χ4n) is 5.17. The largest absolute Gasteiger partial charge is 0.416 e. The number of alkyl halides is 6. The second-order valence-electron chi connectivity index (χ2n) is 9.92. The molecule has 1 aromatic carbocycles. The molecule has 1 saturated carbocycles. The van der Waals surface area contributed by atoms with E-state index >= 15 is 0 Å². The number of amides is 1. The zero-order valence-corrected chi connectivity index (χ0v) is 19.6. The van der Waals surface area contributed by atoms with Crippen LogP contribution < -0.4 is 10.6 Å². The maximum Gasteiger partial charge on any atom is 0.416 e. The number of rotatable bonds is 6. The van der Waals surface area contributed by atoms with Gasteiger partial charge < -0.3 is 15.4 Å². The summed E-state index contributed by atoms with van der Waals surface area (Å²) in [5, 5.41) is 6.25. The lowest BCUT2D eigenvalue weighted by Crippen LogP contribution is -2.46. The summed E-state index contributed by atoms with van der Waals surface area (Å²) in [5.74, 6) is -0.377. The maximum absolute atomic E-state index is 13.2. The molecule has 1 aromatic rings. The predicted octanol–water partition coefficient (Wildman–Crippen LogP) is 5.69. The number of ether oxygens (including phenoxy) is 1. The topological polar surface area (TPSA) is 50.4 Å². The van der Waals surface area contributed by atoms with Crippen LogP contribution in [-0.2, 0) is 28.4 Å². The molecule has 1 aliphatic heterocycles. The van der Waals surface area contributed by atoms with Gasteiger partial charge in [0.15, 0.2) is 0 Å². The summed E-state index contributed by atoms with van der Waals surface area (Å²) in [6.07, 6.45) is -5.97. The van der Waals surface area contributed by atoms with Crippen molar-refractivity contribution in [2.24, 2.45) is 11.3 Å². The van der Waals surface area contributed by atoms with Crippen LogP contribution >= 0.6 is 0 Å². The third-order valence-corrected chi connectivity index (χ3v) is 7.16. The Morgan fingerprint density at radius 1 is 1.06 bits per heavy atom. The predicted molar refractivity (Wildman–Crippen MR) is 115 cm³/mol. The van der Waals surface area contributed by atoms with Crippen LogP contribution in [0, 0.1) is 11.3 Å².